The maximum absolute atomic E-state index is 14.8. The lowest BCUT2D eigenvalue weighted by Crippen LogP contribution is -2.33. The maximum Gasteiger partial charge on any atom is 0.327 e. The van der Waals surface area contributed by atoms with E-state index in [4.69, 9.17) is 16.1 Å². The van der Waals surface area contributed by atoms with Crippen LogP contribution in [0.5, 0.6) is 0 Å². The molecular weight excluding hydrogens is 449 g/mol. The van der Waals surface area contributed by atoms with Gasteiger partial charge < -0.3 is 4.52 Å². The van der Waals surface area contributed by atoms with Crippen molar-refractivity contribution in [3.8, 4) is 0 Å². The van der Waals surface area contributed by atoms with Crippen LogP contribution in [-0.2, 0) is 22.1 Å². The normalized spacial score (nSPS) is 17.7. The van der Waals surface area contributed by atoms with Crippen molar-refractivity contribution in [1.29, 1.82) is 0 Å². The number of allylic oxidation sites excluding steroid dienone is 2. The lowest BCUT2D eigenvalue weighted by Gasteiger charge is -2.41. The summed E-state index contributed by atoms with van der Waals surface area (Å²) >= 11 is 6.39. The molecule has 3 nitrogen and oxygen atoms in total. The van der Waals surface area contributed by atoms with Gasteiger partial charge in [-0.1, -0.05) is 85.3 Å². The number of hydrogen-bond acceptors (Lipinski definition) is 2. The molecule has 0 saturated carbocycles. The summed E-state index contributed by atoms with van der Waals surface area (Å²) in [6, 6.07) is 24.2. The van der Waals surface area contributed by atoms with Gasteiger partial charge in [-0.15, -0.1) is 6.58 Å². The minimum atomic E-state index is -3.45. The minimum absolute atomic E-state index is 0.327. The molecule has 0 saturated heterocycles. The van der Waals surface area contributed by atoms with Crippen LogP contribution in [0.2, 0.25) is 5.02 Å². The Kier molecular flexibility index (Phi) is 7.24. The number of rotatable bonds is 8. The zero-order valence-corrected chi connectivity index (χ0v) is 20.8. The van der Waals surface area contributed by atoms with Gasteiger partial charge in [-0.3, -0.25) is 9.24 Å². The van der Waals surface area contributed by atoms with Crippen LogP contribution in [0.1, 0.15) is 42.5 Å². The molecule has 1 unspecified atom stereocenters. The van der Waals surface area contributed by atoms with E-state index in [1.54, 1.807) is 6.07 Å². The van der Waals surface area contributed by atoms with Gasteiger partial charge >= 0.3 is 7.52 Å². The van der Waals surface area contributed by atoms with Crippen molar-refractivity contribution in [2.75, 3.05) is 6.61 Å². The second-order valence-corrected chi connectivity index (χ2v) is 10.7. The molecule has 0 aromatic heterocycles. The summed E-state index contributed by atoms with van der Waals surface area (Å²) in [5.41, 5.74) is 6.24. The first-order valence-corrected chi connectivity index (χ1v) is 13.3. The van der Waals surface area contributed by atoms with Gasteiger partial charge in [-0.2, -0.15) is 0 Å². The summed E-state index contributed by atoms with van der Waals surface area (Å²) in [5, 5.41) is 1.20. The Morgan fingerprint density at radius 3 is 2.36 bits per heavy atom. The second kappa shape index (κ2) is 10.1. The monoisotopic (exact) mass is 477 g/mol. The Morgan fingerprint density at radius 2 is 1.73 bits per heavy atom. The van der Waals surface area contributed by atoms with E-state index in [0.717, 1.165) is 34.4 Å². The van der Waals surface area contributed by atoms with Crippen LogP contribution >= 0.6 is 19.1 Å². The highest BCUT2D eigenvalue weighted by Gasteiger charge is 2.43. The largest absolute Gasteiger partial charge is 0.327 e. The van der Waals surface area contributed by atoms with Crippen LogP contribution in [0.4, 0.5) is 0 Å². The van der Waals surface area contributed by atoms with Crippen LogP contribution in [0.25, 0.3) is 11.3 Å². The fourth-order valence-corrected chi connectivity index (χ4v) is 7.16. The molecule has 0 fully saturated rings. The molecule has 3 aromatic carbocycles. The standard InChI is InChI=1S/C28H29ClNO2P/c1-4-10-26-25-18-17-24(29)19-27(25)33(31,32-6-3)30(20-22-11-8-7-9-12-22)28(26)23-15-13-21(5-2)14-16-23/h4,7-9,11-19H,1,5-6,10,20H2,2-3H3. The lowest BCUT2D eigenvalue weighted by molar-refractivity contribution is 0.304. The summed E-state index contributed by atoms with van der Waals surface area (Å²) in [5.74, 6) is 0. The highest BCUT2D eigenvalue weighted by atomic mass is 35.5. The Labute approximate surface area is 201 Å². The predicted octanol–water partition coefficient (Wildman–Crippen LogP) is 7.72. The third-order valence-corrected chi connectivity index (χ3v) is 8.71. The van der Waals surface area contributed by atoms with Crippen molar-refractivity contribution in [3.63, 3.8) is 0 Å². The van der Waals surface area contributed by atoms with Gasteiger partial charge in [0, 0.05) is 5.02 Å². The molecule has 0 amide bonds. The first kappa shape index (κ1) is 23.6. The summed E-state index contributed by atoms with van der Waals surface area (Å²) in [6.45, 7) is 8.80. The molecule has 170 valence electrons. The van der Waals surface area contributed by atoms with Crippen molar-refractivity contribution in [2.24, 2.45) is 0 Å². The molecule has 1 aliphatic rings. The van der Waals surface area contributed by atoms with Crippen LogP contribution in [0.3, 0.4) is 0 Å². The summed E-state index contributed by atoms with van der Waals surface area (Å²) in [6.07, 6.45) is 3.49. The number of nitrogens with zero attached hydrogens (tertiary/aromatic N) is 1. The van der Waals surface area contributed by atoms with E-state index in [2.05, 4.69) is 49.9 Å². The number of benzene rings is 3. The van der Waals surface area contributed by atoms with Gasteiger partial charge in [0.15, 0.2) is 0 Å². The van der Waals surface area contributed by atoms with Gasteiger partial charge in [-0.25, -0.2) is 0 Å². The maximum atomic E-state index is 14.8. The smallest absolute Gasteiger partial charge is 0.310 e. The van der Waals surface area contributed by atoms with Gasteiger partial charge in [-0.05, 0) is 59.7 Å². The third kappa shape index (κ3) is 4.59. The molecule has 1 aliphatic heterocycles. The fourth-order valence-electron chi connectivity index (χ4n) is 4.35. The molecular formula is C28H29ClNO2P. The highest BCUT2D eigenvalue weighted by Crippen LogP contribution is 2.60. The Bertz CT molecular complexity index is 1220. The van der Waals surface area contributed by atoms with Gasteiger partial charge in [0.2, 0.25) is 0 Å². The zero-order valence-electron chi connectivity index (χ0n) is 19.1. The van der Waals surface area contributed by atoms with E-state index in [1.165, 1.54) is 5.56 Å². The van der Waals surface area contributed by atoms with Gasteiger partial charge in [0.25, 0.3) is 0 Å². The average Bonchev–Trinajstić information content (AvgIpc) is 2.83. The number of fused-ring (bicyclic) bond motifs is 1. The van der Waals surface area contributed by atoms with Crippen LogP contribution in [0, 0.1) is 0 Å². The Balaban J connectivity index is 2.03. The van der Waals surface area contributed by atoms with Crippen LogP contribution in [0.15, 0.2) is 85.5 Å². The number of aryl methyl sites for hydroxylation is 1. The van der Waals surface area contributed by atoms with Crippen molar-refractivity contribution < 1.29 is 9.09 Å². The fraction of sp³-hybridized carbons (Fsp3) is 0.214. The van der Waals surface area contributed by atoms with Crippen molar-refractivity contribution in [3.05, 3.63) is 113 Å². The molecule has 0 spiro atoms. The molecule has 5 heteroatoms. The molecule has 4 rings (SSSR count). The van der Waals surface area contributed by atoms with Crippen LogP contribution < -0.4 is 5.30 Å². The lowest BCUT2D eigenvalue weighted by atomic mass is 9.95. The second-order valence-electron chi connectivity index (χ2n) is 8.01. The number of halogens is 1. The molecule has 33 heavy (non-hydrogen) atoms. The molecule has 0 N–H and O–H groups in total. The first-order chi connectivity index (χ1) is 16.0. The molecule has 0 radical (unpaired) electrons. The molecule has 3 aromatic rings. The molecule has 1 atom stereocenters. The average molecular weight is 478 g/mol. The summed E-state index contributed by atoms with van der Waals surface area (Å²) in [4.78, 5) is 0. The van der Waals surface area contributed by atoms with Crippen molar-refractivity contribution in [2.45, 2.75) is 33.2 Å². The summed E-state index contributed by atoms with van der Waals surface area (Å²) in [7, 11) is -3.45. The van der Waals surface area contributed by atoms with Crippen molar-refractivity contribution in [1.82, 2.24) is 4.67 Å². The van der Waals surface area contributed by atoms with E-state index in [-0.39, 0.29) is 0 Å². The molecule has 1 heterocycles. The van der Waals surface area contributed by atoms with E-state index in [1.807, 2.05) is 48.0 Å². The van der Waals surface area contributed by atoms with Gasteiger partial charge in [0.1, 0.15) is 0 Å². The SMILES string of the molecule is C=CCC1=C(c2ccc(CC)cc2)N(Cc2ccccc2)P(=O)(OCC)c2cc(Cl)ccc21. The van der Waals surface area contributed by atoms with Crippen molar-refractivity contribution >= 4 is 35.7 Å². The Morgan fingerprint density at radius 1 is 1.00 bits per heavy atom. The predicted molar refractivity (Wildman–Crippen MR) is 140 cm³/mol. The Hall–Kier alpha value is -2.58. The molecule has 0 bridgehead atoms. The van der Waals surface area contributed by atoms with Crippen LogP contribution in [-0.4, -0.2) is 11.3 Å². The number of hydrogen-bond donors (Lipinski definition) is 0. The minimum Gasteiger partial charge on any atom is -0.310 e. The van der Waals surface area contributed by atoms with E-state index < -0.39 is 7.52 Å². The third-order valence-electron chi connectivity index (χ3n) is 5.91. The first-order valence-electron chi connectivity index (χ1n) is 11.3. The summed E-state index contributed by atoms with van der Waals surface area (Å²) < 4.78 is 22.9. The van der Waals surface area contributed by atoms with E-state index in [0.29, 0.717) is 29.9 Å². The van der Waals surface area contributed by atoms with Gasteiger partial charge in [0.05, 0.1) is 24.2 Å². The quantitative estimate of drug-likeness (QED) is 0.246. The highest BCUT2D eigenvalue weighted by molar-refractivity contribution is 7.65. The van der Waals surface area contributed by atoms with E-state index in [9.17, 15) is 4.57 Å². The van der Waals surface area contributed by atoms with E-state index >= 15 is 0 Å². The molecule has 0 aliphatic carbocycles. The zero-order chi connectivity index (χ0) is 23.4. The topological polar surface area (TPSA) is 29.5 Å².